The standard InChI is InChI=1S/C27H46N12O6/c1-39(25(45)18(10-11-21(29)41)37-23(43)17(28)4-2-12-35-26(31)32)20(5-3-13-36-27(33)34)24(44)38-19(22(30)42)14-15-6-8-16(40)9-7-15/h6-9,17-20,40H,2-5,10-14,28H2,1H3,(H2,29,41)(H2,30,42)(H,37,43)(H,38,44)(H4,31,32,35)(H4,33,34,36)/t17-,18-,19-,20-/m0/s1. The first kappa shape index (κ1) is 37.9. The fourth-order valence-electron chi connectivity index (χ4n) is 4.28. The molecule has 0 spiro atoms. The summed E-state index contributed by atoms with van der Waals surface area (Å²) in [5.41, 5.74) is 28.0. The number of benzene rings is 1. The number of hydrogen-bond acceptors (Lipinski definition) is 9. The number of hydrogen-bond donors (Lipinski definition) is 12. The van der Waals surface area contributed by atoms with E-state index in [4.69, 9.17) is 39.5 Å². The number of nitrogens with one attached hydrogen (secondary N) is 6. The highest BCUT2D eigenvalue weighted by Gasteiger charge is 2.34. The van der Waals surface area contributed by atoms with Gasteiger partial charge in [-0.3, -0.25) is 34.8 Å². The van der Waals surface area contributed by atoms with Gasteiger partial charge in [0.1, 0.15) is 23.9 Å². The van der Waals surface area contributed by atoms with Crippen molar-refractivity contribution in [1.82, 2.24) is 26.2 Å². The molecule has 18 nitrogen and oxygen atoms in total. The number of guanidine groups is 2. The van der Waals surface area contributed by atoms with Gasteiger partial charge in [0.2, 0.25) is 29.5 Å². The van der Waals surface area contributed by atoms with E-state index in [2.05, 4.69) is 21.3 Å². The number of nitrogens with two attached hydrogens (primary N) is 5. The molecule has 250 valence electrons. The third kappa shape index (κ3) is 14.7. The number of rotatable bonds is 20. The predicted molar refractivity (Wildman–Crippen MR) is 166 cm³/mol. The van der Waals surface area contributed by atoms with Gasteiger partial charge in [-0.15, -0.1) is 0 Å². The lowest BCUT2D eigenvalue weighted by Gasteiger charge is -2.32. The normalized spacial score (nSPS) is 13.3. The monoisotopic (exact) mass is 634 g/mol. The Kier molecular flexibility index (Phi) is 16.2. The first-order valence-electron chi connectivity index (χ1n) is 14.3. The number of primary amides is 2. The van der Waals surface area contributed by atoms with Gasteiger partial charge in [-0.1, -0.05) is 12.1 Å². The van der Waals surface area contributed by atoms with Gasteiger partial charge in [0.15, 0.2) is 11.9 Å². The first-order valence-corrected chi connectivity index (χ1v) is 14.3. The van der Waals surface area contributed by atoms with Crippen LogP contribution in [0.3, 0.4) is 0 Å². The van der Waals surface area contributed by atoms with Gasteiger partial charge in [0.25, 0.3) is 0 Å². The minimum Gasteiger partial charge on any atom is -0.508 e. The SMILES string of the molecule is CN(C(=O)[C@H](CCC(N)=O)NC(=O)[C@@H](N)CCCNC(=N)N)[C@@H](CCCNC(=N)N)C(=O)N[C@@H](Cc1ccc(O)cc1)C(N)=O. The second-order valence-electron chi connectivity index (χ2n) is 10.4. The van der Waals surface area contributed by atoms with Crippen LogP contribution in [0, 0.1) is 10.8 Å². The van der Waals surface area contributed by atoms with Crippen LogP contribution < -0.4 is 49.9 Å². The largest absolute Gasteiger partial charge is 0.508 e. The van der Waals surface area contributed by atoms with E-state index in [9.17, 15) is 29.1 Å². The minimum atomic E-state index is -1.27. The van der Waals surface area contributed by atoms with Gasteiger partial charge < -0.3 is 59.9 Å². The molecule has 0 heterocycles. The van der Waals surface area contributed by atoms with Crippen molar-refractivity contribution in [3.05, 3.63) is 29.8 Å². The van der Waals surface area contributed by atoms with Crippen LogP contribution in [0.15, 0.2) is 24.3 Å². The molecule has 0 bridgehead atoms. The van der Waals surface area contributed by atoms with Crippen molar-refractivity contribution >= 4 is 41.5 Å². The molecule has 4 atom stereocenters. The van der Waals surface area contributed by atoms with Crippen molar-refractivity contribution in [1.29, 1.82) is 10.8 Å². The molecule has 0 saturated carbocycles. The van der Waals surface area contributed by atoms with Gasteiger partial charge in [-0.2, -0.15) is 0 Å². The topological polar surface area (TPSA) is 335 Å². The van der Waals surface area contributed by atoms with Crippen LogP contribution in [0.2, 0.25) is 0 Å². The highest BCUT2D eigenvalue weighted by Crippen LogP contribution is 2.14. The third-order valence-electron chi connectivity index (χ3n) is 6.76. The fraction of sp³-hybridized carbons (Fsp3) is 0.519. The van der Waals surface area contributed by atoms with E-state index in [0.717, 1.165) is 4.90 Å². The Balaban J connectivity index is 3.16. The third-order valence-corrected chi connectivity index (χ3v) is 6.76. The van der Waals surface area contributed by atoms with Crippen LogP contribution in [0.4, 0.5) is 0 Å². The predicted octanol–water partition coefficient (Wildman–Crippen LogP) is -3.66. The summed E-state index contributed by atoms with van der Waals surface area (Å²) in [6.45, 7) is 0.500. The van der Waals surface area contributed by atoms with Crippen molar-refractivity contribution in [3.8, 4) is 5.75 Å². The van der Waals surface area contributed by atoms with Crippen LogP contribution in [0.25, 0.3) is 0 Å². The molecular weight excluding hydrogens is 588 g/mol. The molecule has 17 N–H and O–H groups in total. The molecule has 0 aliphatic heterocycles. The Morgan fingerprint density at radius 1 is 0.822 bits per heavy atom. The smallest absolute Gasteiger partial charge is 0.245 e. The van der Waals surface area contributed by atoms with Crippen LogP contribution in [-0.4, -0.2) is 95.8 Å². The number of likely N-dealkylation sites (N-methyl/N-ethyl adjacent to an activating group) is 1. The Morgan fingerprint density at radius 3 is 1.87 bits per heavy atom. The van der Waals surface area contributed by atoms with Gasteiger partial charge in [-0.05, 0) is 49.8 Å². The summed E-state index contributed by atoms with van der Waals surface area (Å²) >= 11 is 0. The number of nitrogens with zero attached hydrogens (tertiary/aromatic N) is 1. The van der Waals surface area contributed by atoms with Gasteiger partial charge in [0.05, 0.1) is 6.04 Å². The lowest BCUT2D eigenvalue weighted by molar-refractivity contribution is -0.143. The number of phenolic OH excluding ortho intramolecular Hbond substituents is 1. The van der Waals surface area contributed by atoms with E-state index in [1.807, 2.05) is 0 Å². The van der Waals surface area contributed by atoms with Crippen molar-refractivity contribution in [2.75, 3.05) is 20.1 Å². The van der Waals surface area contributed by atoms with E-state index >= 15 is 0 Å². The van der Waals surface area contributed by atoms with E-state index in [-0.39, 0.29) is 62.7 Å². The number of amides is 5. The molecule has 0 aromatic heterocycles. The average molecular weight is 635 g/mol. The molecule has 0 aliphatic carbocycles. The Hall–Kier alpha value is -5.13. The first-order chi connectivity index (χ1) is 21.1. The average Bonchev–Trinajstić information content (AvgIpc) is 2.96. The molecule has 0 aliphatic rings. The fourth-order valence-corrected chi connectivity index (χ4v) is 4.28. The van der Waals surface area contributed by atoms with Crippen LogP contribution in [-0.2, 0) is 30.4 Å². The highest BCUT2D eigenvalue weighted by molar-refractivity contribution is 5.94. The van der Waals surface area contributed by atoms with E-state index in [1.165, 1.54) is 19.2 Å². The maximum atomic E-state index is 13.7. The summed E-state index contributed by atoms with van der Waals surface area (Å²) in [7, 11) is 1.33. The minimum absolute atomic E-state index is 0.00868. The second kappa shape index (κ2) is 19.2. The quantitative estimate of drug-likeness (QED) is 0.0376. The number of aromatic hydroxyl groups is 1. The second-order valence-corrected chi connectivity index (χ2v) is 10.4. The molecule has 1 rings (SSSR count). The van der Waals surface area contributed by atoms with Crippen molar-refractivity contribution < 1.29 is 29.1 Å². The molecule has 5 amide bonds. The maximum Gasteiger partial charge on any atom is 0.245 e. The van der Waals surface area contributed by atoms with Crippen LogP contribution in [0.1, 0.15) is 44.1 Å². The highest BCUT2D eigenvalue weighted by atomic mass is 16.3. The zero-order valence-electron chi connectivity index (χ0n) is 25.3. The summed E-state index contributed by atoms with van der Waals surface area (Å²) in [5, 5.41) is 34.4. The van der Waals surface area contributed by atoms with Gasteiger partial charge in [-0.25, -0.2) is 0 Å². The summed E-state index contributed by atoms with van der Waals surface area (Å²) in [4.78, 5) is 65.0. The molecule has 18 heteroatoms. The Labute approximate surface area is 261 Å². The zero-order valence-corrected chi connectivity index (χ0v) is 25.3. The van der Waals surface area contributed by atoms with Crippen molar-refractivity contribution in [2.24, 2.45) is 28.7 Å². The van der Waals surface area contributed by atoms with E-state index in [0.29, 0.717) is 18.5 Å². The van der Waals surface area contributed by atoms with Crippen molar-refractivity contribution in [3.63, 3.8) is 0 Å². The van der Waals surface area contributed by atoms with E-state index in [1.54, 1.807) is 12.1 Å². The van der Waals surface area contributed by atoms with Crippen LogP contribution in [0.5, 0.6) is 5.75 Å². The summed E-state index contributed by atoms with van der Waals surface area (Å²) in [5.74, 6) is -4.16. The van der Waals surface area contributed by atoms with E-state index < -0.39 is 53.7 Å². The molecule has 0 radical (unpaired) electrons. The molecular formula is C27H46N12O6. The number of phenols is 1. The Bertz CT molecular complexity index is 1200. The van der Waals surface area contributed by atoms with Gasteiger partial charge >= 0.3 is 0 Å². The lowest BCUT2D eigenvalue weighted by atomic mass is 10.0. The summed E-state index contributed by atoms with van der Waals surface area (Å²) < 4.78 is 0. The molecule has 1 aromatic rings. The molecule has 45 heavy (non-hydrogen) atoms. The molecule has 1 aromatic carbocycles. The van der Waals surface area contributed by atoms with Gasteiger partial charge in [0, 0.05) is 33.0 Å². The summed E-state index contributed by atoms with van der Waals surface area (Å²) in [6.07, 6.45) is 0.503. The Morgan fingerprint density at radius 2 is 1.36 bits per heavy atom. The lowest BCUT2D eigenvalue weighted by Crippen LogP contribution is -2.58. The number of carbonyl (C=O) groups is 5. The zero-order chi connectivity index (χ0) is 34.1. The maximum absolute atomic E-state index is 13.7. The molecule has 0 fully saturated rings. The number of carbonyl (C=O) groups excluding carboxylic acids is 5. The molecule has 0 unspecified atom stereocenters. The van der Waals surface area contributed by atoms with Crippen molar-refractivity contribution in [2.45, 2.75) is 69.1 Å². The van der Waals surface area contributed by atoms with Crippen LogP contribution >= 0.6 is 0 Å². The summed E-state index contributed by atoms with van der Waals surface area (Å²) in [6, 6.07) is 1.33. The molecule has 0 saturated heterocycles.